The van der Waals surface area contributed by atoms with Crippen LogP contribution in [0.25, 0.3) is 0 Å². The zero-order valence-electron chi connectivity index (χ0n) is 11.0. The Kier molecular flexibility index (Phi) is 5.10. The highest BCUT2D eigenvalue weighted by molar-refractivity contribution is 5.75. The van der Waals surface area contributed by atoms with Crippen molar-refractivity contribution in [3.8, 4) is 0 Å². The van der Waals surface area contributed by atoms with Gasteiger partial charge in [-0.25, -0.2) is 4.79 Å². The molecule has 0 aromatic rings. The molecule has 0 radical (unpaired) electrons. The molecule has 0 aromatic heterocycles. The van der Waals surface area contributed by atoms with Gasteiger partial charge in [0.25, 0.3) is 0 Å². The van der Waals surface area contributed by atoms with Gasteiger partial charge in [-0.1, -0.05) is 26.7 Å². The van der Waals surface area contributed by atoms with E-state index in [2.05, 4.69) is 26.1 Å². The number of hydrogen-bond donors (Lipinski definition) is 1. The zero-order chi connectivity index (χ0) is 12.0. The van der Waals surface area contributed by atoms with Crippen molar-refractivity contribution in [1.29, 1.82) is 0 Å². The van der Waals surface area contributed by atoms with Gasteiger partial charge in [-0.3, -0.25) is 0 Å². The van der Waals surface area contributed by atoms with Crippen molar-refractivity contribution in [2.45, 2.75) is 64.8 Å². The summed E-state index contributed by atoms with van der Waals surface area (Å²) in [5.74, 6) is 0. The van der Waals surface area contributed by atoms with E-state index in [-0.39, 0.29) is 11.6 Å². The van der Waals surface area contributed by atoms with Gasteiger partial charge in [-0.05, 0) is 32.6 Å². The van der Waals surface area contributed by atoms with Crippen LogP contribution in [0.5, 0.6) is 0 Å². The van der Waals surface area contributed by atoms with E-state index < -0.39 is 0 Å². The Morgan fingerprint density at radius 2 is 1.62 bits per heavy atom. The Bertz CT molecular complexity index is 216. The summed E-state index contributed by atoms with van der Waals surface area (Å²) in [4.78, 5) is 14.1. The van der Waals surface area contributed by atoms with Gasteiger partial charge < -0.3 is 10.2 Å². The van der Waals surface area contributed by atoms with E-state index in [9.17, 15) is 4.79 Å². The van der Waals surface area contributed by atoms with Crippen LogP contribution in [-0.2, 0) is 0 Å². The SMILES string of the molecule is CCC(C)(CC)NC(=O)N1CCCCCC1. The average Bonchev–Trinajstić information content (AvgIpc) is 2.57. The second-order valence-electron chi connectivity index (χ2n) is 5.10. The minimum Gasteiger partial charge on any atom is -0.333 e. The highest BCUT2D eigenvalue weighted by Gasteiger charge is 2.25. The Morgan fingerprint density at radius 1 is 1.12 bits per heavy atom. The molecule has 0 atom stereocenters. The molecule has 1 rings (SSSR count). The van der Waals surface area contributed by atoms with Crippen LogP contribution < -0.4 is 5.32 Å². The summed E-state index contributed by atoms with van der Waals surface area (Å²) >= 11 is 0. The number of carbonyl (C=O) groups is 1. The normalized spacial score (nSPS) is 18.1. The molecule has 16 heavy (non-hydrogen) atoms. The number of amides is 2. The van der Waals surface area contributed by atoms with Crippen LogP contribution in [0.2, 0.25) is 0 Å². The fourth-order valence-electron chi connectivity index (χ4n) is 2.04. The summed E-state index contributed by atoms with van der Waals surface area (Å²) in [6.45, 7) is 8.24. The molecule has 1 aliphatic rings. The van der Waals surface area contributed by atoms with Crippen LogP contribution in [0.15, 0.2) is 0 Å². The van der Waals surface area contributed by atoms with Gasteiger partial charge in [-0.2, -0.15) is 0 Å². The van der Waals surface area contributed by atoms with E-state index in [1.54, 1.807) is 0 Å². The number of nitrogens with zero attached hydrogens (tertiary/aromatic N) is 1. The highest BCUT2D eigenvalue weighted by atomic mass is 16.2. The summed E-state index contributed by atoms with van der Waals surface area (Å²) in [5, 5.41) is 3.18. The third-order valence-corrected chi connectivity index (χ3v) is 3.86. The van der Waals surface area contributed by atoms with E-state index in [1.165, 1.54) is 12.8 Å². The van der Waals surface area contributed by atoms with Crippen LogP contribution in [0.4, 0.5) is 4.79 Å². The molecule has 1 N–H and O–H groups in total. The molecule has 1 heterocycles. The summed E-state index contributed by atoms with van der Waals surface area (Å²) in [5.41, 5.74) is -0.0383. The first-order valence-corrected chi connectivity index (χ1v) is 6.68. The smallest absolute Gasteiger partial charge is 0.317 e. The van der Waals surface area contributed by atoms with Gasteiger partial charge in [0.05, 0.1) is 0 Å². The Balaban J connectivity index is 2.49. The summed E-state index contributed by atoms with van der Waals surface area (Å²) in [6, 6.07) is 0.133. The van der Waals surface area contributed by atoms with Crippen LogP contribution in [-0.4, -0.2) is 29.6 Å². The van der Waals surface area contributed by atoms with Gasteiger partial charge in [0.1, 0.15) is 0 Å². The van der Waals surface area contributed by atoms with Gasteiger partial charge in [0.15, 0.2) is 0 Å². The quantitative estimate of drug-likeness (QED) is 0.787. The molecular weight excluding hydrogens is 200 g/mol. The lowest BCUT2D eigenvalue weighted by Gasteiger charge is -2.32. The summed E-state index contributed by atoms with van der Waals surface area (Å²) in [7, 11) is 0. The van der Waals surface area contributed by atoms with E-state index in [0.29, 0.717) is 0 Å². The molecule has 0 unspecified atom stereocenters. The van der Waals surface area contributed by atoms with Crippen molar-refractivity contribution in [2.75, 3.05) is 13.1 Å². The molecule has 1 aliphatic heterocycles. The van der Waals surface area contributed by atoms with Crippen molar-refractivity contribution in [3.63, 3.8) is 0 Å². The number of hydrogen-bond acceptors (Lipinski definition) is 1. The maximum atomic E-state index is 12.1. The fraction of sp³-hybridized carbons (Fsp3) is 0.923. The average molecular weight is 226 g/mol. The molecule has 1 fully saturated rings. The molecule has 94 valence electrons. The van der Waals surface area contributed by atoms with Crippen molar-refractivity contribution < 1.29 is 4.79 Å². The second-order valence-corrected chi connectivity index (χ2v) is 5.10. The Morgan fingerprint density at radius 3 is 2.06 bits per heavy atom. The molecule has 1 saturated heterocycles. The standard InChI is InChI=1S/C13H26N2O/c1-4-13(3,5-2)14-12(16)15-10-8-6-7-9-11-15/h4-11H2,1-3H3,(H,14,16). The molecule has 0 saturated carbocycles. The van der Waals surface area contributed by atoms with E-state index in [0.717, 1.165) is 38.8 Å². The highest BCUT2D eigenvalue weighted by Crippen LogP contribution is 2.15. The van der Waals surface area contributed by atoms with Crippen LogP contribution in [0, 0.1) is 0 Å². The van der Waals surface area contributed by atoms with E-state index in [4.69, 9.17) is 0 Å². The van der Waals surface area contributed by atoms with Crippen LogP contribution in [0.3, 0.4) is 0 Å². The van der Waals surface area contributed by atoms with Crippen LogP contribution in [0.1, 0.15) is 59.3 Å². The molecule has 3 nitrogen and oxygen atoms in total. The number of rotatable bonds is 3. The van der Waals surface area contributed by atoms with E-state index >= 15 is 0 Å². The van der Waals surface area contributed by atoms with E-state index in [1.807, 2.05) is 4.90 Å². The van der Waals surface area contributed by atoms with Gasteiger partial charge >= 0.3 is 6.03 Å². The summed E-state index contributed by atoms with van der Waals surface area (Å²) in [6.07, 6.45) is 6.82. The molecule has 0 spiro atoms. The van der Waals surface area contributed by atoms with Crippen molar-refractivity contribution in [3.05, 3.63) is 0 Å². The monoisotopic (exact) mass is 226 g/mol. The molecule has 2 amide bonds. The van der Waals surface area contributed by atoms with Crippen molar-refractivity contribution in [2.24, 2.45) is 0 Å². The lowest BCUT2D eigenvalue weighted by Crippen LogP contribution is -2.51. The topological polar surface area (TPSA) is 32.3 Å². The van der Waals surface area contributed by atoms with Gasteiger partial charge in [-0.15, -0.1) is 0 Å². The zero-order valence-corrected chi connectivity index (χ0v) is 11.0. The first kappa shape index (κ1) is 13.3. The predicted octanol–water partition coefficient (Wildman–Crippen LogP) is 3.15. The number of likely N-dealkylation sites (tertiary alicyclic amines) is 1. The van der Waals surface area contributed by atoms with Gasteiger partial charge in [0, 0.05) is 18.6 Å². The second kappa shape index (κ2) is 6.12. The summed E-state index contributed by atoms with van der Waals surface area (Å²) < 4.78 is 0. The third-order valence-electron chi connectivity index (χ3n) is 3.86. The molecule has 3 heteroatoms. The van der Waals surface area contributed by atoms with Crippen LogP contribution >= 0.6 is 0 Å². The first-order valence-electron chi connectivity index (χ1n) is 6.68. The maximum absolute atomic E-state index is 12.1. The molecule has 0 aromatic carbocycles. The fourth-order valence-corrected chi connectivity index (χ4v) is 2.04. The largest absolute Gasteiger partial charge is 0.333 e. The maximum Gasteiger partial charge on any atom is 0.317 e. The van der Waals surface area contributed by atoms with Gasteiger partial charge in [0.2, 0.25) is 0 Å². The first-order chi connectivity index (χ1) is 7.61. The molecule has 0 aliphatic carbocycles. The molecular formula is C13H26N2O. The number of urea groups is 1. The number of nitrogens with one attached hydrogen (secondary N) is 1. The van der Waals surface area contributed by atoms with Crippen molar-refractivity contribution in [1.82, 2.24) is 10.2 Å². The Hall–Kier alpha value is -0.730. The molecule has 0 bridgehead atoms. The lowest BCUT2D eigenvalue weighted by atomic mass is 9.96. The minimum absolute atomic E-state index is 0.0383. The third kappa shape index (κ3) is 3.69. The predicted molar refractivity (Wildman–Crippen MR) is 67.6 cm³/mol. The minimum atomic E-state index is -0.0383. The lowest BCUT2D eigenvalue weighted by molar-refractivity contribution is 0.184. The van der Waals surface area contributed by atoms with Crippen molar-refractivity contribution >= 4 is 6.03 Å². The number of carbonyl (C=O) groups excluding carboxylic acids is 1. The Labute approximate surface area is 99.6 Å².